The molecule has 0 saturated heterocycles. The van der Waals surface area contributed by atoms with Gasteiger partial charge in [-0.1, -0.05) is 41.9 Å². The van der Waals surface area contributed by atoms with Crippen molar-refractivity contribution >= 4 is 17.5 Å². The Kier molecular flexibility index (Phi) is 8.00. The van der Waals surface area contributed by atoms with Gasteiger partial charge in [-0.15, -0.1) is 0 Å². The summed E-state index contributed by atoms with van der Waals surface area (Å²) >= 11 is 5.87. The zero-order valence-electron chi connectivity index (χ0n) is 17.3. The number of rotatable bonds is 9. The minimum Gasteiger partial charge on any atom is -0.387 e. The zero-order valence-corrected chi connectivity index (χ0v) is 18.1. The fraction of sp³-hybridized carbons (Fsp3) is 0.250. The van der Waals surface area contributed by atoms with E-state index in [1.807, 2.05) is 36.4 Å². The molecule has 0 bridgehead atoms. The van der Waals surface area contributed by atoms with Crippen molar-refractivity contribution in [3.8, 4) is 0 Å². The summed E-state index contributed by atoms with van der Waals surface area (Å²) in [6, 6.07) is 19.5. The molecule has 0 unspecified atom stereocenters. The van der Waals surface area contributed by atoms with Gasteiger partial charge in [0.1, 0.15) is 0 Å². The maximum Gasteiger partial charge on any atom is 0.253 e. The molecule has 0 fully saturated rings. The minimum absolute atomic E-state index is 0.111. The molecule has 162 valence electrons. The second-order valence-electron chi connectivity index (χ2n) is 7.42. The average Bonchev–Trinajstić information content (AvgIpc) is 2.77. The van der Waals surface area contributed by atoms with Crippen molar-refractivity contribution in [2.75, 3.05) is 20.1 Å². The molecule has 3 rings (SSSR count). The number of aliphatic hydroxyl groups excluding tert-OH is 1. The topological polar surface area (TPSA) is 85.4 Å². The molecule has 0 spiro atoms. The lowest BCUT2D eigenvalue weighted by molar-refractivity contribution is 0.0783. The molecule has 0 radical (unpaired) electrons. The molecule has 0 aliphatic rings. The number of aromatic nitrogens is 1. The monoisotopic (exact) mass is 439 g/mol. The molecule has 0 aliphatic carbocycles. The number of hydrogen-bond acceptors (Lipinski definition) is 4. The van der Waals surface area contributed by atoms with Crippen LogP contribution in [0.1, 0.15) is 33.3 Å². The van der Waals surface area contributed by atoms with E-state index in [4.69, 9.17) is 11.6 Å². The normalized spacial score (nSPS) is 11.8. The molecular weight excluding hydrogens is 414 g/mol. The number of nitrogens with one attached hydrogen (secondary N) is 2. The van der Waals surface area contributed by atoms with Crippen LogP contribution in [0.5, 0.6) is 0 Å². The number of carbonyl (C=O) groups excluding carboxylic acids is 1. The van der Waals surface area contributed by atoms with Gasteiger partial charge < -0.3 is 20.3 Å². The number of aliphatic hydroxyl groups is 1. The van der Waals surface area contributed by atoms with Crippen LogP contribution in [-0.4, -0.2) is 41.0 Å². The molecule has 1 aromatic heterocycles. The molecule has 0 aliphatic heterocycles. The minimum atomic E-state index is -0.590. The SMILES string of the molecule is CN(Cc1cccc(=O)[nH]1)C(=O)c1ccc(CCNC[C@H](O)c2ccc(Cl)cc2)cc1. The van der Waals surface area contributed by atoms with Gasteiger partial charge >= 0.3 is 0 Å². The predicted octanol–water partition coefficient (Wildman–Crippen LogP) is 3.17. The molecule has 7 heteroatoms. The molecule has 1 atom stereocenters. The first kappa shape index (κ1) is 22.7. The lowest BCUT2D eigenvalue weighted by Crippen LogP contribution is -2.27. The van der Waals surface area contributed by atoms with E-state index in [1.165, 1.54) is 6.07 Å². The summed E-state index contributed by atoms with van der Waals surface area (Å²) in [6.45, 7) is 1.49. The fourth-order valence-corrected chi connectivity index (χ4v) is 3.35. The fourth-order valence-electron chi connectivity index (χ4n) is 3.22. The molecule has 0 saturated carbocycles. The van der Waals surface area contributed by atoms with E-state index in [9.17, 15) is 14.7 Å². The molecule has 31 heavy (non-hydrogen) atoms. The quantitative estimate of drug-likeness (QED) is 0.447. The number of carbonyl (C=O) groups is 1. The van der Waals surface area contributed by atoms with Crippen LogP contribution in [0.25, 0.3) is 0 Å². The number of hydrogen-bond donors (Lipinski definition) is 3. The molecule has 1 amide bonds. The Balaban J connectivity index is 1.45. The van der Waals surface area contributed by atoms with Gasteiger partial charge in [-0.25, -0.2) is 0 Å². The highest BCUT2D eigenvalue weighted by molar-refractivity contribution is 6.30. The molecular formula is C24H26ClN3O3. The van der Waals surface area contributed by atoms with Crippen molar-refractivity contribution in [2.24, 2.45) is 0 Å². The van der Waals surface area contributed by atoms with Crippen LogP contribution in [0.4, 0.5) is 0 Å². The third-order valence-corrected chi connectivity index (χ3v) is 5.22. The lowest BCUT2D eigenvalue weighted by atomic mass is 10.1. The average molecular weight is 440 g/mol. The highest BCUT2D eigenvalue weighted by Gasteiger charge is 2.12. The maximum absolute atomic E-state index is 12.6. The number of H-pyrrole nitrogens is 1. The summed E-state index contributed by atoms with van der Waals surface area (Å²) < 4.78 is 0. The van der Waals surface area contributed by atoms with Crippen molar-refractivity contribution in [1.29, 1.82) is 0 Å². The van der Waals surface area contributed by atoms with Gasteiger partial charge in [-0.05, 0) is 54.4 Å². The second kappa shape index (κ2) is 10.9. The largest absolute Gasteiger partial charge is 0.387 e. The molecule has 6 nitrogen and oxygen atoms in total. The van der Waals surface area contributed by atoms with Crippen molar-refractivity contribution in [3.63, 3.8) is 0 Å². The highest BCUT2D eigenvalue weighted by atomic mass is 35.5. The molecule has 3 aromatic rings. The Bertz CT molecular complexity index is 1050. The first-order valence-electron chi connectivity index (χ1n) is 10.1. The van der Waals surface area contributed by atoms with Gasteiger partial charge in [0, 0.05) is 35.9 Å². The Morgan fingerprint density at radius 3 is 2.48 bits per heavy atom. The van der Waals surface area contributed by atoms with Crippen LogP contribution in [0.15, 0.2) is 71.5 Å². The molecule has 1 heterocycles. The smallest absolute Gasteiger partial charge is 0.253 e. The van der Waals surface area contributed by atoms with Crippen molar-refractivity contribution in [2.45, 2.75) is 19.1 Å². The van der Waals surface area contributed by atoms with Crippen LogP contribution >= 0.6 is 11.6 Å². The Hall–Kier alpha value is -2.93. The van der Waals surface area contributed by atoms with E-state index in [2.05, 4.69) is 10.3 Å². The van der Waals surface area contributed by atoms with Gasteiger partial charge in [-0.3, -0.25) is 9.59 Å². The Labute approximate surface area is 186 Å². The molecule has 2 aromatic carbocycles. The van der Waals surface area contributed by atoms with Gasteiger partial charge in [0.2, 0.25) is 5.56 Å². The van der Waals surface area contributed by atoms with Gasteiger partial charge in [0.15, 0.2) is 0 Å². The van der Waals surface area contributed by atoms with Crippen LogP contribution in [0.3, 0.4) is 0 Å². The number of halogens is 1. The summed E-state index contributed by atoms with van der Waals surface area (Å²) in [7, 11) is 1.71. The first-order chi connectivity index (χ1) is 14.9. The Morgan fingerprint density at radius 1 is 1.10 bits per heavy atom. The Morgan fingerprint density at radius 2 is 1.81 bits per heavy atom. The number of amides is 1. The number of nitrogens with zero attached hydrogens (tertiary/aromatic N) is 1. The standard InChI is InChI=1S/C24H26ClN3O3/c1-28(16-21-3-2-4-23(30)27-21)24(31)19-7-5-17(6-8-19)13-14-26-15-22(29)18-9-11-20(25)12-10-18/h2-12,22,26,29H,13-16H2,1H3,(H,27,30)/t22-/m0/s1. The van der Waals surface area contributed by atoms with Crippen molar-refractivity contribution < 1.29 is 9.90 Å². The van der Waals surface area contributed by atoms with E-state index < -0.39 is 6.10 Å². The first-order valence-corrected chi connectivity index (χ1v) is 10.5. The third kappa shape index (κ3) is 6.79. The van der Waals surface area contributed by atoms with Crippen LogP contribution < -0.4 is 10.9 Å². The van der Waals surface area contributed by atoms with Gasteiger partial charge in [-0.2, -0.15) is 0 Å². The number of pyridine rings is 1. The van der Waals surface area contributed by atoms with Crippen LogP contribution in [0, 0.1) is 0 Å². The summed E-state index contributed by atoms with van der Waals surface area (Å²) in [5, 5.41) is 14.1. The maximum atomic E-state index is 12.6. The number of aromatic amines is 1. The van der Waals surface area contributed by atoms with Gasteiger partial charge in [0.25, 0.3) is 5.91 Å². The summed E-state index contributed by atoms with van der Waals surface area (Å²) in [6.07, 6.45) is 0.190. The zero-order chi connectivity index (χ0) is 22.2. The predicted molar refractivity (Wildman–Crippen MR) is 122 cm³/mol. The summed E-state index contributed by atoms with van der Waals surface area (Å²) in [4.78, 5) is 28.3. The highest BCUT2D eigenvalue weighted by Crippen LogP contribution is 2.16. The van der Waals surface area contributed by atoms with E-state index in [-0.39, 0.29) is 11.5 Å². The van der Waals surface area contributed by atoms with E-state index in [0.29, 0.717) is 35.9 Å². The van der Waals surface area contributed by atoms with Crippen molar-refractivity contribution in [1.82, 2.24) is 15.2 Å². The van der Waals surface area contributed by atoms with Gasteiger partial charge in [0.05, 0.1) is 12.6 Å². The van der Waals surface area contributed by atoms with Crippen LogP contribution in [0.2, 0.25) is 5.02 Å². The second-order valence-corrected chi connectivity index (χ2v) is 7.86. The van der Waals surface area contributed by atoms with E-state index in [0.717, 1.165) is 17.5 Å². The molecule has 3 N–H and O–H groups in total. The summed E-state index contributed by atoms with van der Waals surface area (Å²) in [5.74, 6) is -0.111. The lowest BCUT2D eigenvalue weighted by Gasteiger charge is -2.17. The number of benzene rings is 2. The van der Waals surface area contributed by atoms with Crippen LogP contribution in [-0.2, 0) is 13.0 Å². The summed E-state index contributed by atoms with van der Waals surface area (Å²) in [5.41, 5.74) is 3.02. The van der Waals surface area contributed by atoms with Crippen molar-refractivity contribution in [3.05, 3.63) is 104 Å². The third-order valence-electron chi connectivity index (χ3n) is 4.97. The van der Waals surface area contributed by atoms with E-state index >= 15 is 0 Å². The van der Waals surface area contributed by atoms with E-state index in [1.54, 1.807) is 36.2 Å².